The summed E-state index contributed by atoms with van der Waals surface area (Å²) in [5.74, 6) is 0.418. The molecule has 2 N–H and O–H groups in total. The minimum atomic E-state index is -3.46. The number of fused-ring (bicyclic) bond motifs is 1. The average Bonchev–Trinajstić information content (AvgIpc) is 3.25. The first-order chi connectivity index (χ1) is 18.8. The van der Waals surface area contributed by atoms with Crippen molar-refractivity contribution in [3.05, 3.63) is 78.4 Å². The van der Waals surface area contributed by atoms with Gasteiger partial charge in [-0.3, -0.25) is 9.52 Å². The summed E-state index contributed by atoms with van der Waals surface area (Å²) >= 11 is 1.61. The fourth-order valence-electron chi connectivity index (χ4n) is 4.36. The number of ether oxygens (including phenoxy) is 2. The predicted octanol–water partition coefficient (Wildman–Crippen LogP) is 4.92. The van der Waals surface area contributed by atoms with E-state index in [1.54, 1.807) is 36.5 Å². The van der Waals surface area contributed by atoms with E-state index >= 15 is 0 Å². The van der Waals surface area contributed by atoms with E-state index in [0.717, 1.165) is 32.3 Å². The molecule has 4 aromatic rings. The summed E-state index contributed by atoms with van der Waals surface area (Å²) in [6.45, 7) is 3.09. The summed E-state index contributed by atoms with van der Waals surface area (Å²) in [4.78, 5) is 15.3. The van der Waals surface area contributed by atoms with Crippen molar-refractivity contribution in [2.45, 2.75) is 13.3 Å². The summed E-state index contributed by atoms with van der Waals surface area (Å²) in [6.07, 6.45) is 1.29. The Morgan fingerprint density at radius 2 is 1.77 bits per heavy atom. The van der Waals surface area contributed by atoms with Crippen LogP contribution < -0.4 is 14.4 Å². The first-order valence-electron chi connectivity index (χ1n) is 12.6. The van der Waals surface area contributed by atoms with Gasteiger partial charge in [0.05, 0.1) is 43.8 Å². The van der Waals surface area contributed by atoms with E-state index in [9.17, 15) is 18.3 Å². The Morgan fingerprint density at radius 1 is 1.03 bits per heavy atom. The molecule has 1 heterocycles. The molecule has 0 saturated heterocycles. The number of aliphatic hydroxyl groups excluding tert-OH is 1. The number of benzene rings is 3. The summed E-state index contributed by atoms with van der Waals surface area (Å²) in [7, 11) is -3.46. The molecule has 0 fully saturated rings. The number of carbonyl (C=O) groups excluding carboxylic acids is 1. The number of hydrogen-bond acceptors (Lipinski definition) is 8. The smallest absolute Gasteiger partial charge is 0.310 e. The van der Waals surface area contributed by atoms with Crippen molar-refractivity contribution < 1.29 is 27.8 Å². The number of esters is 1. The van der Waals surface area contributed by atoms with Gasteiger partial charge in [-0.2, -0.15) is 0 Å². The predicted molar refractivity (Wildman–Crippen MR) is 157 cm³/mol. The zero-order valence-corrected chi connectivity index (χ0v) is 23.6. The van der Waals surface area contributed by atoms with Gasteiger partial charge < -0.3 is 19.5 Å². The van der Waals surface area contributed by atoms with Gasteiger partial charge in [0.2, 0.25) is 10.0 Å². The number of rotatable bonds is 13. The van der Waals surface area contributed by atoms with Crippen LogP contribution in [0.2, 0.25) is 0 Å². The molecule has 0 atom stereocenters. The third-order valence-corrected chi connectivity index (χ3v) is 7.80. The summed E-state index contributed by atoms with van der Waals surface area (Å²) < 4.78 is 38.5. The standard InChI is InChI=1S/C29H32N2O6S2/c1-3-36-28(33)20-24-23-14-13-22(19-27(23)38-29(24)21-9-5-4-6-10-21)37-18-16-31(15-17-32)26-12-8-7-11-25(26)30-39(2,34)35/h4-14,19,30,32H,3,15-18,20H2,1-2H3. The maximum absolute atomic E-state index is 12.4. The molecule has 0 aliphatic rings. The van der Waals surface area contributed by atoms with Gasteiger partial charge in [0.25, 0.3) is 0 Å². The average molecular weight is 569 g/mol. The lowest BCUT2D eigenvalue weighted by atomic mass is 10.0. The second-order valence-corrected chi connectivity index (χ2v) is 11.7. The van der Waals surface area contributed by atoms with Crippen molar-refractivity contribution in [2.24, 2.45) is 0 Å². The van der Waals surface area contributed by atoms with Crippen molar-refractivity contribution >= 4 is 48.8 Å². The Kier molecular flexibility index (Phi) is 9.45. The highest BCUT2D eigenvalue weighted by atomic mass is 32.2. The molecule has 0 bridgehead atoms. The highest BCUT2D eigenvalue weighted by Crippen LogP contribution is 2.40. The molecule has 0 amide bonds. The van der Waals surface area contributed by atoms with Gasteiger partial charge in [0, 0.05) is 16.1 Å². The molecule has 0 aliphatic carbocycles. The van der Waals surface area contributed by atoms with Crippen LogP contribution in [0.4, 0.5) is 11.4 Å². The van der Waals surface area contributed by atoms with E-state index in [0.29, 0.717) is 43.4 Å². The Bertz CT molecular complexity index is 1520. The van der Waals surface area contributed by atoms with Crippen LogP contribution in [0, 0.1) is 0 Å². The molecule has 8 nitrogen and oxygen atoms in total. The molecule has 3 aromatic carbocycles. The monoisotopic (exact) mass is 568 g/mol. The summed E-state index contributed by atoms with van der Waals surface area (Å²) in [5.41, 5.74) is 3.08. The molecular weight excluding hydrogens is 536 g/mol. The molecule has 39 heavy (non-hydrogen) atoms. The second-order valence-electron chi connectivity index (χ2n) is 8.87. The number of thiophene rings is 1. The topological polar surface area (TPSA) is 105 Å². The molecule has 0 saturated carbocycles. The van der Waals surface area contributed by atoms with Crippen LogP contribution in [0.15, 0.2) is 72.8 Å². The molecule has 0 aliphatic heterocycles. The lowest BCUT2D eigenvalue weighted by molar-refractivity contribution is -0.142. The molecule has 10 heteroatoms. The second kappa shape index (κ2) is 13.0. The number of aliphatic hydroxyl groups is 1. The number of nitrogens with one attached hydrogen (secondary N) is 1. The molecule has 4 rings (SSSR count). The van der Waals surface area contributed by atoms with Crippen LogP contribution in [0.25, 0.3) is 20.5 Å². The van der Waals surface area contributed by atoms with Crippen LogP contribution in [-0.4, -0.2) is 58.7 Å². The number of hydrogen-bond donors (Lipinski definition) is 2. The van der Waals surface area contributed by atoms with Crippen molar-refractivity contribution in [3.8, 4) is 16.2 Å². The van der Waals surface area contributed by atoms with Gasteiger partial charge in [-0.05, 0) is 53.8 Å². The Morgan fingerprint density at radius 3 is 2.49 bits per heavy atom. The fraction of sp³-hybridized carbons (Fsp3) is 0.276. The van der Waals surface area contributed by atoms with Gasteiger partial charge in [0.1, 0.15) is 12.4 Å². The number of carbonyl (C=O) groups is 1. The van der Waals surface area contributed by atoms with Crippen molar-refractivity contribution in [1.82, 2.24) is 0 Å². The molecule has 0 spiro atoms. The first kappa shape index (κ1) is 28.4. The van der Waals surface area contributed by atoms with Crippen molar-refractivity contribution in [1.29, 1.82) is 0 Å². The maximum Gasteiger partial charge on any atom is 0.310 e. The zero-order chi connectivity index (χ0) is 27.8. The minimum Gasteiger partial charge on any atom is -0.492 e. The fourth-order valence-corrected chi connectivity index (χ4v) is 6.18. The van der Waals surface area contributed by atoms with Gasteiger partial charge >= 0.3 is 5.97 Å². The van der Waals surface area contributed by atoms with Gasteiger partial charge in [-0.15, -0.1) is 11.3 Å². The molecule has 1 aromatic heterocycles. The lowest BCUT2D eigenvalue weighted by Crippen LogP contribution is -2.32. The Hall–Kier alpha value is -3.60. The van der Waals surface area contributed by atoms with Gasteiger partial charge in [-0.25, -0.2) is 8.42 Å². The van der Waals surface area contributed by atoms with Crippen molar-refractivity contribution in [2.75, 3.05) is 48.8 Å². The van der Waals surface area contributed by atoms with E-state index in [2.05, 4.69) is 4.72 Å². The molecule has 206 valence electrons. The van der Waals surface area contributed by atoms with Crippen LogP contribution in [0.5, 0.6) is 5.75 Å². The van der Waals surface area contributed by atoms with Gasteiger partial charge in [0.15, 0.2) is 0 Å². The first-order valence-corrected chi connectivity index (χ1v) is 15.3. The van der Waals surface area contributed by atoms with Crippen LogP contribution in [0.3, 0.4) is 0 Å². The Labute approximate surface area is 232 Å². The number of sulfonamides is 1. The minimum absolute atomic E-state index is 0.0974. The normalized spacial score (nSPS) is 11.4. The maximum atomic E-state index is 12.4. The summed E-state index contributed by atoms with van der Waals surface area (Å²) in [5, 5.41) is 10.6. The highest BCUT2D eigenvalue weighted by molar-refractivity contribution is 7.92. The third-order valence-electron chi connectivity index (χ3n) is 5.97. The van der Waals surface area contributed by atoms with E-state index in [-0.39, 0.29) is 19.0 Å². The van der Waals surface area contributed by atoms with Crippen LogP contribution >= 0.6 is 11.3 Å². The van der Waals surface area contributed by atoms with E-state index in [1.165, 1.54) is 0 Å². The zero-order valence-electron chi connectivity index (χ0n) is 21.9. The van der Waals surface area contributed by atoms with E-state index < -0.39 is 10.0 Å². The molecule has 0 radical (unpaired) electrons. The quantitative estimate of drug-likeness (QED) is 0.221. The number of nitrogens with zero attached hydrogens (tertiary/aromatic N) is 1. The SMILES string of the molecule is CCOC(=O)Cc1c(-c2ccccc2)sc2cc(OCCN(CCO)c3ccccc3NS(C)(=O)=O)ccc12. The lowest BCUT2D eigenvalue weighted by Gasteiger charge is -2.26. The van der Waals surface area contributed by atoms with Crippen molar-refractivity contribution in [3.63, 3.8) is 0 Å². The number of anilines is 2. The van der Waals surface area contributed by atoms with E-state index in [4.69, 9.17) is 9.47 Å². The highest BCUT2D eigenvalue weighted by Gasteiger charge is 2.18. The largest absolute Gasteiger partial charge is 0.492 e. The summed E-state index contributed by atoms with van der Waals surface area (Å²) in [6, 6.07) is 22.9. The Balaban J connectivity index is 1.54. The molecular formula is C29H32N2O6S2. The molecule has 0 unspecified atom stereocenters. The van der Waals surface area contributed by atoms with E-state index in [1.807, 2.05) is 59.5 Å². The third kappa shape index (κ3) is 7.50. The number of para-hydroxylation sites is 2. The van der Waals surface area contributed by atoms with Crippen LogP contribution in [-0.2, 0) is 26.0 Å². The van der Waals surface area contributed by atoms with Crippen LogP contribution in [0.1, 0.15) is 12.5 Å². The van der Waals surface area contributed by atoms with Gasteiger partial charge in [-0.1, -0.05) is 42.5 Å².